The number of hydrogen-bond acceptors (Lipinski definition) is 2. The third-order valence-electron chi connectivity index (χ3n) is 3.32. The molecule has 0 bridgehead atoms. The maximum atomic E-state index is 5.49. The molecule has 1 aromatic rings. The van der Waals surface area contributed by atoms with Gasteiger partial charge in [0.1, 0.15) is 0 Å². The van der Waals surface area contributed by atoms with Crippen LogP contribution in [-0.2, 0) is 4.74 Å². The second-order valence-electron chi connectivity index (χ2n) is 4.77. The fourth-order valence-electron chi connectivity index (χ4n) is 2.21. The molecular weight excluding hydrogens is 278 g/mol. The van der Waals surface area contributed by atoms with Crippen molar-refractivity contribution < 1.29 is 4.74 Å². The Morgan fingerprint density at radius 1 is 1.53 bits per heavy atom. The molecule has 0 aromatic heterocycles. The number of halogens is 1. The van der Waals surface area contributed by atoms with Crippen LogP contribution in [0.3, 0.4) is 0 Å². The molecule has 17 heavy (non-hydrogen) atoms. The maximum Gasteiger partial charge on any atom is 0.0506 e. The molecule has 2 atom stereocenters. The van der Waals surface area contributed by atoms with Crippen LogP contribution < -0.4 is 5.32 Å². The minimum Gasteiger partial charge on any atom is -0.381 e. The SMILES string of the molecule is C[C@H](NCC1CCCOC1)c1cccc(Br)c1. The Morgan fingerprint density at radius 2 is 2.41 bits per heavy atom. The van der Waals surface area contributed by atoms with E-state index in [1.165, 1.54) is 18.4 Å². The summed E-state index contributed by atoms with van der Waals surface area (Å²) in [6, 6.07) is 8.89. The average molecular weight is 298 g/mol. The third-order valence-corrected chi connectivity index (χ3v) is 3.81. The van der Waals surface area contributed by atoms with E-state index in [-0.39, 0.29) is 0 Å². The predicted molar refractivity (Wildman–Crippen MR) is 74.1 cm³/mol. The van der Waals surface area contributed by atoms with Crippen molar-refractivity contribution in [2.45, 2.75) is 25.8 Å². The summed E-state index contributed by atoms with van der Waals surface area (Å²) in [4.78, 5) is 0. The second kappa shape index (κ2) is 6.53. The molecular formula is C14H20BrNO. The highest BCUT2D eigenvalue weighted by Crippen LogP contribution is 2.19. The zero-order chi connectivity index (χ0) is 12.1. The molecule has 94 valence electrons. The number of hydrogen-bond donors (Lipinski definition) is 1. The summed E-state index contributed by atoms with van der Waals surface area (Å²) in [5, 5.41) is 3.60. The van der Waals surface area contributed by atoms with Gasteiger partial charge >= 0.3 is 0 Å². The van der Waals surface area contributed by atoms with Crippen molar-refractivity contribution in [2.75, 3.05) is 19.8 Å². The first-order valence-corrected chi connectivity index (χ1v) is 7.11. The van der Waals surface area contributed by atoms with E-state index < -0.39 is 0 Å². The van der Waals surface area contributed by atoms with E-state index in [0.717, 1.165) is 24.2 Å². The quantitative estimate of drug-likeness (QED) is 0.918. The number of benzene rings is 1. The molecule has 1 aromatic carbocycles. The summed E-state index contributed by atoms with van der Waals surface area (Å²) >= 11 is 3.51. The molecule has 0 amide bonds. The Morgan fingerprint density at radius 3 is 3.12 bits per heavy atom. The van der Waals surface area contributed by atoms with Gasteiger partial charge in [0.2, 0.25) is 0 Å². The molecule has 1 saturated heterocycles. The lowest BCUT2D eigenvalue weighted by Crippen LogP contribution is -2.30. The zero-order valence-electron chi connectivity index (χ0n) is 10.3. The Bertz CT molecular complexity index is 350. The fraction of sp³-hybridized carbons (Fsp3) is 0.571. The molecule has 0 spiro atoms. The Hall–Kier alpha value is -0.380. The van der Waals surface area contributed by atoms with Crippen molar-refractivity contribution in [3.63, 3.8) is 0 Å². The summed E-state index contributed by atoms with van der Waals surface area (Å²) in [5.74, 6) is 0.679. The third kappa shape index (κ3) is 4.09. The zero-order valence-corrected chi connectivity index (χ0v) is 11.9. The van der Waals surface area contributed by atoms with Crippen LogP contribution >= 0.6 is 15.9 Å². The van der Waals surface area contributed by atoms with Crippen LogP contribution in [0.4, 0.5) is 0 Å². The van der Waals surface area contributed by atoms with Crippen molar-refractivity contribution in [3.8, 4) is 0 Å². The highest BCUT2D eigenvalue weighted by atomic mass is 79.9. The van der Waals surface area contributed by atoms with Gasteiger partial charge in [-0.2, -0.15) is 0 Å². The van der Waals surface area contributed by atoms with Gasteiger partial charge in [-0.05, 0) is 43.4 Å². The lowest BCUT2D eigenvalue weighted by Gasteiger charge is -2.24. The van der Waals surface area contributed by atoms with Crippen molar-refractivity contribution >= 4 is 15.9 Å². The van der Waals surface area contributed by atoms with Crippen LogP contribution in [0.5, 0.6) is 0 Å². The van der Waals surface area contributed by atoms with Gasteiger partial charge in [0.05, 0.1) is 6.61 Å². The molecule has 1 aliphatic heterocycles. The Balaban J connectivity index is 1.82. The maximum absolute atomic E-state index is 5.49. The van der Waals surface area contributed by atoms with Gasteiger partial charge in [0.15, 0.2) is 0 Å². The molecule has 1 N–H and O–H groups in total. The summed E-state index contributed by atoms with van der Waals surface area (Å²) in [5.41, 5.74) is 1.33. The predicted octanol–water partition coefficient (Wildman–Crippen LogP) is 3.53. The standard InChI is InChI=1S/C14H20BrNO/c1-11(13-5-2-6-14(15)8-13)16-9-12-4-3-7-17-10-12/h2,5-6,8,11-12,16H,3-4,7,9-10H2,1H3/t11-,12?/m0/s1. The lowest BCUT2D eigenvalue weighted by molar-refractivity contribution is 0.0540. The molecule has 1 fully saturated rings. The molecule has 1 heterocycles. The topological polar surface area (TPSA) is 21.3 Å². The molecule has 0 saturated carbocycles. The van der Waals surface area contributed by atoms with E-state index >= 15 is 0 Å². The van der Waals surface area contributed by atoms with Gasteiger partial charge in [-0.1, -0.05) is 28.1 Å². The molecule has 1 aliphatic rings. The normalized spacial score (nSPS) is 22.4. The van der Waals surface area contributed by atoms with Crippen molar-refractivity contribution in [3.05, 3.63) is 34.3 Å². The molecule has 0 aliphatic carbocycles. The molecule has 3 heteroatoms. The lowest BCUT2D eigenvalue weighted by atomic mass is 10.0. The van der Waals surface area contributed by atoms with E-state index in [0.29, 0.717) is 12.0 Å². The highest BCUT2D eigenvalue weighted by molar-refractivity contribution is 9.10. The van der Waals surface area contributed by atoms with E-state index in [2.05, 4.69) is 52.4 Å². The summed E-state index contributed by atoms with van der Waals surface area (Å²) < 4.78 is 6.63. The first-order chi connectivity index (χ1) is 8.25. The van der Waals surface area contributed by atoms with Gasteiger partial charge < -0.3 is 10.1 Å². The van der Waals surface area contributed by atoms with Crippen LogP contribution in [0.15, 0.2) is 28.7 Å². The van der Waals surface area contributed by atoms with Crippen LogP contribution in [0.25, 0.3) is 0 Å². The molecule has 0 radical (unpaired) electrons. The Labute approximate surface area is 112 Å². The molecule has 2 nitrogen and oxygen atoms in total. The Kier molecular flexibility index (Phi) is 5.01. The van der Waals surface area contributed by atoms with E-state index in [1.807, 2.05) is 0 Å². The molecule has 1 unspecified atom stereocenters. The van der Waals surface area contributed by atoms with E-state index in [9.17, 15) is 0 Å². The van der Waals surface area contributed by atoms with Gasteiger partial charge in [0.25, 0.3) is 0 Å². The summed E-state index contributed by atoms with van der Waals surface area (Å²) in [6.07, 6.45) is 2.50. The largest absolute Gasteiger partial charge is 0.381 e. The fourth-order valence-corrected chi connectivity index (χ4v) is 2.62. The van der Waals surface area contributed by atoms with Gasteiger partial charge in [-0.25, -0.2) is 0 Å². The number of rotatable bonds is 4. The van der Waals surface area contributed by atoms with Gasteiger partial charge in [-0.15, -0.1) is 0 Å². The smallest absolute Gasteiger partial charge is 0.0506 e. The van der Waals surface area contributed by atoms with Crippen molar-refractivity contribution in [1.29, 1.82) is 0 Å². The van der Waals surface area contributed by atoms with Gasteiger partial charge in [-0.3, -0.25) is 0 Å². The number of nitrogens with one attached hydrogen (secondary N) is 1. The second-order valence-corrected chi connectivity index (χ2v) is 5.68. The highest BCUT2D eigenvalue weighted by Gasteiger charge is 2.15. The van der Waals surface area contributed by atoms with Crippen LogP contribution in [0.1, 0.15) is 31.4 Å². The van der Waals surface area contributed by atoms with Crippen LogP contribution in [-0.4, -0.2) is 19.8 Å². The number of ether oxygens (including phenoxy) is 1. The summed E-state index contributed by atoms with van der Waals surface area (Å²) in [6.45, 7) is 5.12. The summed E-state index contributed by atoms with van der Waals surface area (Å²) in [7, 11) is 0. The van der Waals surface area contributed by atoms with E-state index in [4.69, 9.17) is 4.74 Å². The van der Waals surface area contributed by atoms with Crippen LogP contribution in [0.2, 0.25) is 0 Å². The average Bonchev–Trinajstić information content (AvgIpc) is 2.37. The van der Waals surface area contributed by atoms with Crippen molar-refractivity contribution in [1.82, 2.24) is 5.32 Å². The minimum atomic E-state index is 0.398. The van der Waals surface area contributed by atoms with Crippen molar-refractivity contribution in [2.24, 2.45) is 5.92 Å². The van der Waals surface area contributed by atoms with Crippen LogP contribution in [0, 0.1) is 5.92 Å². The minimum absolute atomic E-state index is 0.398. The van der Waals surface area contributed by atoms with Gasteiger partial charge in [0, 0.05) is 23.7 Å². The monoisotopic (exact) mass is 297 g/mol. The first-order valence-electron chi connectivity index (χ1n) is 6.32. The van der Waals surface area contributed by atoms with E-state index in [1.54, 1.807) is 0 Å². The first kappa shape index (κ1) is 13.1. The molecule has 2 rings (SSSR count).